The number of rotatable bonds is 12. The Balaban J connectivity index is 1.16. The van der Waals surface area contributed by atoms with Crippen LogP contribution in [0, 0.1) is 0 Å². The molecule has 0 aliphatic rings. The molecule has 0 bridgehead atoms. The number of amides is 2. The van der Waals surface area contributed by atoms with E-state index in [9.17, 15) is 14.4 Å². The smallest absolute Gasteiger partial charge is 0.307 e. The number of carbonyl (C=O) groups is 3. The summed E-state index contributed by atoms with van der Waals surface area (Å²) in [6.45, 7) is 2.23. The molecule has 6 rings (SSSR count). The third kappa shape index (κ3) is 7.86. The van der Waals surface area contributed by atoms with Gasteiger partial charge in [0, 0.05) is 40.9 Å². The van der Waals surface area contributed by atoms with Crippen molar-refractivity contribution in [2.45, 2.75) is 25.8 Å². The first-order chi connectivity index (χ1) is 22.9. The number of ether oxygens (including phenoxy) is 1. The normalized spacial score (nSPS) is 11.6. The number of benzene rings is 5. The zero-order valence-electron chi connectivity index (χ0n) is 26.0. The molecule has 0 radical (unpaired) electrons. The summed E-state index contributed by atoms with van der Waals surface area (Å²) < 4.78 is 10.9. The lowest BCUT2D eigenvalue weighted by atomic mass is 10.0. The van der Waals surface area contributed by atoms with Crippen LogP contribution >= 0.6 is 0 Å². The third-order valence-corrected chi connectivity index (χ3v) is 7.84. The summed E-state index contributed by atoms with van der Waals surface area (Å²) in [6.07, 6.45) is 0.539. The Morgan fingerprint density at radius 2 is 1.45 bits per heavy atom. The Morgan fingerprint density at radius 3 is 2.19 bits per heavy atom. The van der Waals surface area contributed by atoms with Crippen molar-refractivity contribution in [2.24, 2.45) is 0 Å². The predicted octanol–water partition coefficient (Wildman–Crippen LogP) is 7.60. The first-order valence-corrected chi connectivity index (χ1v) is 15.6. The Hall–Kier alpha value is -5.89. The van der Waals surface area contributed by atoms with Gasteiger partial charge >= 0.3 is 5.97 Å². The molecule has 8 nitrogen and oxygen atoms in total. The summed E-state index contributed by atoms with van der Waals surface area (Å²) in [6, 6.07) is 38.1. The van der Waals surface area contributed by atoms with Crippen molar-refractivity contribution in [1.82, 2.24) is 5.32 Å². The average Bonchev–Trinajstić information content (AvgIpc) is 3.53. The van der Waals surface area contributed by atoms with Crippen LogP contribution in [0.5, 0.6) is 0 Å². The zero-order valence-corrected chi connectivity index (χ0v) is 26.0. The summed E-state index contributed by atoms with van der Waals surface area (Å²) >= 11 is 0. The Kier molecular flexibility index (Phi) is 9.58. The summed E-state index contributed by atoms with van der Waals surface area (Å²) in [4.78, 5) is 37.9. The van der Waals surface area contributed by atoms with Crippen molar-refractivity contribution >= 4 is 50.9 Å². The molecule has 8 heteroatoms. The minimum Gasteiger partial charge on any atom is -0.466 e. The van der Waals surface area contributed by atoms with E-state index in [4.69, 9.17) is 9.15 Å². The average molecular weight is 626 g/mol. The molecular weight excluding hydrogens is 590 g/mol. The van der Waals surface area contributed by atoms with Crippen LogP contribution in [-0.2, 0) is 20.7 Å². The second kappa shape index (κ2) is 14.5. The Bertz CT molecular complexity index is 1980. The lowest BCUT2D eigenvalue weighted by Gasteiger charge is -2.20. The van der Waals surface area contributed by atoms with Crippen molar-refractivity contribution in [1.29, 1.82) is 0 Å². The van der Waals surface area contributed by atoms with Gasteiger partial charge in [0.15, 0.2) is 0 Å². The van der Waals surface area contributed by atoms with Gasteiger partial charge in [0.05, 0.1) is 13.0 Å². The number of hydrogen-bond donors (Lipinski definition) is 3. The van der Waals surface area contributed by atoms with Gasteiger partial charge in [-0.2, -0.15) is 0 Å². The highest BCUT2D eigenvalue weighted by atomic mass is 16.5. The van der Waals surface area contributed by atoms with Gasteiger partial charge < -0.3 is 25.1 Å². The number of carbonyl (C=O) groups excluding carboxylic acids is 3. The van der Waals surface area contributed by atoms with Gasteiger partial charge in [0.2, 0.25) is 5.91 Å². The van der Waals surface area contributed by atoms with Gasteiger partial charge in [-0.15, -0.1) is 0 Å². The largest absolute Gasteiger partial charge is 0.466 e. The predicted molar refractivity (Wildman–Crippen MR) is 185 cm³/mol. The number of para-hydroxylation sites is 1. The third-order valence-electron chi connectivity index (χ3n) is 7.84. The van der Waals surface area contributed by atoms with Crippen LogP contribution in [0.1, 0.15) is 29.3 Å². The van der Waals surface area contributed by atoms with Crippen LogP contribution in [0.3, 0.4) is 0 Å². The number of fused-ring (bicyclic) bond motifs is 2. The molecule has 1 atom stereocenters. The zero-order chi connectivity index (χ0) is 32.6. The molecule has 236 valence electrons. The van der Waals surface area contributed by atoms with Gasteiger partial charge in [-0.1, -0.05) is 60.7 Å². The number of anilines is 2. The van der Waals surface area contributed by atoms with E-state index >= 15 is 0 Å². The van der Waals surface area contributed by atoms with Crippen LogP contribution < -0.4 is 16.0 Å². The highest BCUT2D eigenvalue weighted by Crippen LogP contribution is 2.29. The molecule has 47 heavy (non-hydrogen) atoms. The molecule has 2 amide bonds. The van der Waals surface area contributed by atoms with Gasteiger partial charge in [-0.25, -0.2) is 0 Å². The number of hydrogen-bond acceptors (Lipinski definition) is 6. The highest BCUT2D eigenvalue weighted by Gasteiger charge is 2.20. The number of furan rings is 1. The molecule has 0 aliphatic heterocycles. The van der Waals surface area contributed by atoms with E-state index in [1.54, 1.807) is 31.2 Å². The van der Waals surface area contributed by atoms with E-state index < -0.39 is 6.04 Å². The SMILES string of the molecule is CCOC(=O)CCNC(=O)c1ccc(N[C@@H](Cc2ccc3ccccc3c2)C(=O)Nc2ccc(-c3cc4ccccc4o3)cc2)cc1. The van der Waals surface area contributed by atoms with Crippen molar-refractivity contribution in [3.05, 3.63) is 132 Å². The molecule has 6 aromatic rings. The van der Waals surface area contributed by atoms with E-state index in [-0.39, 0.29) is 30.7 Å². The minimum absolute atomic E-state index is 0.105. The first-order valence-electron chi connectivity index (χ1n) is 15.6. The van der Waals surface area contributed by atoms with E-state index in [0.29, 0.717) is 30.0 Å². The van der Waals surface area contributed by atoms with Gasteiger partial charge in [-0.3, -0.25) is 14.4 Å². The number of esters is 1. The maximum Gasteiger partial charge on any atom is 0.307 e. The Morgan fingerprint density at radius 1 is 0.745 bits per heavy atom. The van der Waals surface area contributed by atoms with Crippen LogP contribution in [0.25, 0.3) is 33.1 Å². The molecule has 0 spiro atoms. The molecule has 5 aromatic carbocycles. The molecule has 0 aliphatic carbocycles. The summed E-state index contributed by atoms with van der Waals surface area (Å²) in [5.41, 5.74) is 4.54. The van der Waals surface area contributed by atoms with Crippen LogP contribution in [-0.4, -0.2) is 37.0 Å². The molecule has 0 unspecified atom stereocenters. The maximum atomic E-state index is 13.8. The summed E-state index contributed by atoms with van der Waals surface area (Å²) in [5.74, 6) is -0.0888. The summed E-state index contributed by atoms with van der Waals surface area (Å²) in [7, 11) is 0. The van der Waals surface area contributed by atoms with E-state index in [2.05, 4.69) is 40.2 Å². The summed E-state index contributed by atoms with van der Waals surface area (Å²) in [5, 5.41) is 12.4. The van der Waals surface area contributed by atoms with Crippen molar-refractivity contribution in [3.63, 3.8) is 0 Å². The lowest BCUT2D eigenvalue weighted by Crippen LogP contribution is -2.36. The standard InChI is InChI=1S/C39H35N3O5/c1-2-46-37(43)21-22-40-38(44)29-15-19-32(20-16-29)41-34(24-26-11-12-27-7-3-4-8-30(27)23-26)39(45)42-33-17-13-28(14-18-33)36-25-31-9-5-6-10-35(31)47-36/h3-20,23,25,34,41H,2,21-22,24H2,1H3,(H,40,44)(H,42,45)/t34-/m0/s1. The van der Waals surface area contributed by atoms with Gasteiger partial charge in [-0.05, 0) is 83.9 Å². The van der Waals surface area contributed by atoms with Crippen LogP contribution in [0.15, 0.2) is 126 Å². The molecule has 0 fully saturated rings. The second-order valence-corrected chi connectivity index (χ2v) is 11.2. The fraction of sp³-hybridized carbons (Fsp3) is 0.154. The quantitative estimate of drug-likeness (QED) is 0.121. The molecule has 1 aromatic heterocycles. The van der Waals surface area contributed by atoms with Crippen LogP contribution in [0.4, 0.5) is 11.4 Å². The minimum atomic E-state index is -0.615. The van der Waals surface area contributed by atoms with Crippen molar-refractivity contribution in [2.75, 3.05) is 23.8 Å². The van der Waals surface area contributed by atoms with E-state index in [1.807, 2.05) is 72.8 Å². The van der Waals surface area contributed by atoms with E-state index in [0.717, 1.165) is 38.6 Å². The second-order valence-electron chi connectivity index (χ2n) is 11.2. The van der Waals surface area contributed by atoms with Gasteiger partial charge in [0.1, 0.15) is 17.4 Å². The Labute approximate surface area is 272 Å². The maximum absolute atomic E-state index is 13.8. The lowest BCUT2D eigenvalue weighted by molar-refractivity contribution is -0.142. The first kappa shape index (κ1) is 31.1. The molecular formula is C39H35N3O5. The fourth-order valence-corrected chi connectivity index (χ4v) is 5.41. The number of nitrogens with one attached hydrogen (secondary N) is 3. The van der Waals surface area contributed by atoms with Crippen molar-refractivity contribution < 1.29 is 23.5 Å². The molecule has 0 saturated heterocycles. The molecule has 1 heterocycles. The van der Waals surface area contributed by atoms with Crippen LogP contribution in [0.2, 0.25) is 0 Å². The monoisotopic (exact) mass is 625 g/mol. The van der Waals surface area contributed by atoms with Gasteiger partial charge in [0.25, 0.3) is 5.91 Å². The fourth-order valence-electron chi connectivity index (χ4n) is 5.41. The van der Waals surface area contributed by atoms with Crippen molar-refractivity contribution in [3.8, 4) is 11.3 Å². The van der Waals surface area contributed by atoms with E-state index in [1.165, 1.54) is 0 Å². The topological polar surface area (TPSA) is 110 Å². The highest BCUT2D eigenvalue weighted by molar-refractivity contribution is 5.98. The molecule has 3 N–H and O–H groups in total. The molecule has 0 saturated carbocycles.